The SMILES string of the molecule is CCNC(=O)C(C)N(Cc1cccc(Br)c1)C(=O)CN(c1ccccc1)S(=O)(=O)c1ccc(Cl)cc1. The Morgan fingerprint density at radius 1 is 1.00 bits per heavy atom. The van der Waals surface area contributed by atoms with Crippen LogP contribution in [-0.2, 0) is 26.2 Å². The topological polar surface area (TPSA) is 86.8 Å². The Morgan fingerprint density at radius 3 is 2.28 bits per heavy atom. The minimum absolute atomic E-state index is 0.00105. The van der Waals surface area contributed by atoms with Crippen LogP contribution < -0.4 is 9.62 Å². The van der Waals surface area contributed by atoms with Gasteiger partial charge in [0.05, 0.1) is 10.6 Å². The number of nitrogens with zero attached hydrogens (tertiary/aromatic N) is 2. The third-order valence-corrected chi connectivity index (χ3v) is 8.02. The Balaban J connectivity index is 2.00. The van der Waals surface area contributed by atoms with Crippen molar-refractivity contribution in [2.75, 3.05) is 17.4 Å². The van der Waals surface area contributed by atoms with Crippen LogP contribution in [-0.4, -0.2) is 44.3 Å². The molecule has 0 aliphatic heterocycles. The molecule has 0 saturated heterocycles. The van der Waals surface area contributed by atoms with Crippen LogP contribution in [0.4, 0.5) is 5.69 Å². The van der Waals surface area contributed by atoms with Gasteiger partial charge in [0.15, 0.2) is 0 Å². The molecule has 190 valence electrons. The fraction of sp³-hybridized carbons (Fsp3) is 0.231. The molecular weight excluding hydrogens is 566 g/mol. The second-order valence-corrected chi connectivity index (χ2v) is 11.2. The van der Waals surface area contributed by atoms with Crippen molar-refractivity contribution in [3.63, 3.8) is 0 Å². The van der Waals surface area contributed by atoms with Crippen LogP contribution in [0.3, 0.4) is 0 Å². The molecular formula is C26H27BrClN3O4S. The predicted octanol–water partition coefficient (Wildman–Crippen LogP) is 4.85. The molecule has 0 bridgehead atoms. The summed E-state index contributed by atoms with van der Waals surface area (Å²) in [6.07, 6.45) is 0. The van der Waals surface area contributed by atoms with Gasteiger partial charge in [-0.05, 0) is 67.9 Å². The molecule has 3 aromatic carbocycles. The fourth-order valence-corrected chi connectivity index (χ4v) is 5.58. The third kappa shape index (κ3) is 6.87. The van der Waals surface area contributed by atoms with E-state index in [9.17, 15) is 18.0 Å². The maximum absolute atomic E-state index is 13.7. The van der Waals surface area contributed by atoms with E-state index in [0.29, 0.717) is 17.3 Å². The van der Waals surface area contributed by atoms with Gasteiger partial charge < -0.3 is 10.2 Å². The molecule has 0 aliphatic rings. The molecule has 1 unspecified atom stereocenters. The minimum Gasteiger partial charge on any atom is -0.355 e. The zero-order chi connectivity index (χ0) is 26.3. The van der Waals surface area contributed by atoms with Crippen molar-refractivity contribution in [1.29, 1.82) is 0 Å². The molecule has 0 aromatic heterocycles. The fourth-order valence-electron chi connectivity index (χ4n) is 3.59. The van der Waals surface area contributed by atoms with E-state index in [-0.39, 0.29) is 17.3 Å². The van der Waals surface area contributed by atoms with Crippen molar-refractivity contribution < 1.29 is 18.0 Å². The number of hydrogen-bond acceptors (Lipinski definition) is 4. The highest BCUT2D eigenvalue weighted by molar-refractivity contribution is 9.10. The Hall–Kier alpha value is -2.88. The average molecular weight is 593 g/mol. The van der Waals surface area contributed by atoms with Gasteiger partial charge in [-0.1, -0.05) is 57.9 Å². The van der Waals surface area contributed by atoms with Gasteiger partial charge in [0.1, 0.15) is 12.6 Å². The number of halogens is 2. The standard InChI is InChI=1S/C26H27BrClN3O4S/c1-3-29-26(33)19(2)30(17-20-8-7-9-21(27)16-20)25(32)18-31(23-10-5-4-6-11-23)36(34,35)24-14-12-22(28)13-15-24/h4-16,19H,3,17-18H2,1-2H3,(H,29,33). The van der Waals surface area contributed by atoms with Crippen molar-refractivity contribution >= 4 is 55.1 Å². The summed E-state index contributed by atoms with van der Waals surface area (Å²) in [6.45, 7) is 3.46. The molecule has 3 rings (SSSR count). The zero-order valence-corrected chi connectivity index (χ0v) is 23.1. The number of sulfonamides is 1. The van der Waals surface area contributed by atoms with Gasteiger partial charge in [-0.25, -0.2) is 8.42 Å². The maximum atomic E-state index is 13.7. The van der Waals surface area contributed by atoms with E-state index in [1.165, 1.54) is 29.2 Å². The lowest BCUT2D eigenvalue weighted by Crippen LogP contribution is -2.51. The van der Waals surface area contributed by atoms with E-state index < -0.39 is 28.5 Å². The minimum atomic E-state index is -4.12. The lowest BCUT2D eigenvalue weighted by molar-refractivity contribution is -0.139. The number of amides is 2. The first-order valence-corrected chi connectivity index (χ1v) is 13.9. The van der Waals surface area contributed by atoms with E-state index >= 15 is 0 Å². The van der Waals surface area contributed by atoms with Crippen LogP contribution in [0, 0.1) is 0 Å². The summed E-state index contributed by atoms with van der Waals surface area (Å²) in [5.41, 5.74) is 1.12. The molecule has 1 N–H and O–H groups in total. The second-order valence-electron chi connectivity index (χ2n) is 8.02. The van der Waals surface area contributed by atoms with Crippen LogP contribution >= 0.6 is 27.5 Å². The number of para-hydroxylation sites is 1. The molecule has 3 aromatic rings. The van der Waals surface area contributed by atoms with Gasteiger partial charge >= 0.3 is 0 Å². The number of hydrogen-bond donors (Lipinski definition) is 1. The van der Waals surface area contributed by atoms with Crippen LogP contribution in [0.2, 0.25) is 5.02 Å². The lowest BCUT2D eigenvalue weighted by Gasteiger charge is -2.32. The molecule has 0 heterocycles. The molecule has 2 amide bonds. The van der Waals surface area contributed by atoms with Gasteiger partial charge in [-0.15, -0.1) is 0 Å². The number of nitrogens with one attached hydrogen (secondary N) is 1. The molecule has 0 spiro atoms. The first kappa shape index (κ1) is 27.7. The third-order valence-electron chi connectivity index (χ3n) is 5.48. The number of carbonyl (C=O) groups excluding carboxylic acids is 2. The number of anilines is 1. The molecule has 10 heteroatoms. The Bertz CT molecular complexity index is 1300. The molecule has 1 atom stereocenters. The lowest BCUT2D eigenvalue weighted by atomic mass is 10.1. The number of benzene rings is 3. The summed E-state index contributed by atoms with van der Waals surface area (Å²) in [5, 5.41) is 3.13. The highest BCUT2D eigenvalue weighted by atomic mass is 79.9. The predicted molar refractivity (Wildman–Crippen MR) is 145 cm³/mol. The van der Waals surface area contributed by atoms with Crippen molar-refractivity contribution in [1.82, 2.24) is 10.2 Å². The van der Waals surface area contributed by atoms with Crippen molar-refractivity contribution in [2.24, 2.45) is 0 Å². The second kappa shape index (κ2) is 12.4. The molecule has 0 radical (unpaired) electrons. The first-order valence-electron chi connectivity index (χ1n) is 11.3. The number of likely N-dealkylation sites (N-methyl/N-ethyl adjacent to an activating group) is 1. The largest absolute Gasteiger partial charge is 0.355 e. The average Bonchev–Trinajstić information content (AvgIpc) is 2.86. The summed E-state index contributed by atoms with van der Waals surface area (Å²) >= 11 is 9.38. The Labute approximate surface area is 225 Å². The molecule has 7 nitrogen and oxygen atoms in total. The molecule has 36 heavy (non-hydrogen) atoms. The smallest absolute Gasteiger partial charge is 0.264 e. The van der Waals surface area contributed by atoms with E-state index in [0.717, 1.165) is 14.3 Å². The van der Waals surface area contributed by atoms with E-state index in [1.54, 1.807) is 44.2 Å². The highest BCUT2D eigenvalue weighted by Gasteiger charge is 2.32. The van der Waals surface area contributed by atoms with Gasteiger partial charge in [-0.2, -0.15) is 0 Å². The van der Waals surface area contributed by atoms with Crippen LogP contribution in [0.5, 0.6) is 0 Å². The maximum Gasteiger partial charge on any atom is 0.264 e. The van der Waals surface area contributed by atoms with E-state index in [2.05, 4.69) is 21.2 Å². The van der Waals surface area contributed by atoms with Gasteiger partial charge in [0, 0.05) is 22.6 Å². The summed E-state index contributed by atoms with van der Waals surface area (Å²) in [7, 11) is -4.12. The van der Waals surface area contributed by atoms with Gasteiger partial charge in [0.25, 0.3) is 10.0 Å². The number of carbonyl (C=O) groups is 2. The van der Waals surface area contributed by atoms with Crippen molar-refractivity contribution in [3.05, 3.63) is 93.9 Å². The quantitative estimate of drug-likeness (QED) is 0.365. The Kier molecular flexibility index (Phi) is 9.53. The number of rotatable bonds is 10. The molecule has 0 fully saturated rings. The van der Waals surface area contributed by atoms with Crippen molar-refractivity contribution in [2.45, 2.75) is 31.3 Å². The summed E-state index contributed by atoms with van der Waals surface area (Å²) in [4.78, 5) is 27.8. The molecule has 0 saturated carbocycles. The summed E-state index contributed by atoms with van der Waals surface area (Å²) < 4.78 is 29.2. The zero-order valence-electron chi connectivity index (χ0n) is 19.9. The first-order chi connectivity index (χ1) is 17.1. The summed E-state index contributed by atoms with van der Waals surface area (Å²) in [6, 6.07) is 20.7. The van der Waals surface area contributed by atoms with Gasteiger partial charge in [0.2, 0.25) is 11.8 Å². The normalized spacial score (nSPS) is 12.0. The van der Waals surface area contributed by atoms with E-state index in [1.807, 2.05) is 24.3 Å². The molecule has 0 aliphatic carbocycles. The Morgan fingerprint density at radius 2 is 1.67 bits per heavy atom. The summed E-state index contributed by atoms with van der Waals surface area (Å²) in [5.74, 6) is -0.845. The van der Waals surface area contributed by atoms with E-state index in [4.69, 9.17) is 11.6 Å². The van der Waals surface area contributed by atoms with Crippen LogP contribution in [0.1, 0.15) is 19.4 Å². The highest BCUT2D eigenvalue weighted by Crippen LogP contribution is 2.25. The van der Waals surface area contributed by atoms with Crippen LogP contribution in [0.15, 0.2) is 88.2 Å². The van der Waals surface area contributed by atoms with Crippen LogP contribution in [0.25, 0.3) is 0 Å². The van der Waals surface area contributed by atoms with Gasteiger partial charge in [-0.3, -0.25) is 13.9 Å². The monoisotopic (exact) mass is 591 g/mol. The van der Waals surface area contributed by atoms with Crippen molar-refractivity contribution in [3.8, 4) is 0 Å².